The van der Waals surface area contributed by atoms with Crippen LogP contribution in [-0.2, 0) is 6.61 Å². The summed E-state index contributed by atoms with van der Waals surface area (Å²) in [5.74, 6) is 1.46. The second-order valence-electron chi connectivity index (χ2n) is 6.39. The predicted octanol–water partition coefficient (Wildman–Crippen LogP) is 5.34. The molecule has 0 aliphatic rings. The van der Waals surface area contributed by atoms with E-state index < -0.39 is 5.82 Å². The number of nitrogens with two attached hydrogens (primary N) is 1. The van der Waals surface area contributed by atoms with E-state index in [-0.39, 0.29) is 5.69 Å². The number of nitrogens with zero attached hydrogens (tertiary/aromatic N) is 1. The standard InChI is InChI=1S/C23H19FN2O3/c1-27-22-12-17-20(13-23(22)28-14-15-5-3-2-4-6-15)26-10-9-21(17)29-16-7-8-19(25)18(24)11-16/h2-13H,14,25H2,1H3. The van der Waals surface area contributed by atoms with Gasteiger partial charge in [0.25, 0.3) is 0 Å². The topological polar surface area (TPSA) is 66.6 Å². The van der Waals surface area contributed by atoms with Gasteiger partial charge in [0.2, 0.25) is 0 Å². The van der Waals surface area contributed by atoms with Gasteiger partial charge in [-0.25, -0.2) is 4.39 Å². The van der Waals surface area contributed by atoms with Gasteiger partial charge in [0.1, 0.15) is 23.9 Å². The van der Waals surface area contributed by atoms with Crippen molar-refractivity contribution < 1.29 is 18.6 Å². The molecule has 4 rings (SSSR count). The molecular weight excluding hydrogens is 371 g/mol. The van der Waals surface area contributed by atoms with Gasteiger partial charge in [0.05, 0.1) is 18.3 Å². The van der Waals surface area contributed by atoms with Gasteiger partial charge in [-0.3, -0.25) is 4.98 Å². The molecule has 29 heavy (non-hydrogen) atoms. The zero-order valence-corrected chi connectivity index (χ0v) is 15.8. The van der Waals surface area contributed by atoms with Crippen molar-refractivity contribution in [2.24, 2.45) is 0 Å². The van der Waals surface area contributed by atoms with Crippen LogP contribution in [0.15, 0.2) is 72.9 Å². The molecule has 0 aliphatic heterocycles. The number of methoxy groups -OCH3 is 1. The maximum atomic E-state index is 13.7. The van der Waals surface area contributed by atoms with E-state index >= 15 is 0 Å². The monoisotopic (exact) mass is 390 g/mol. The maximum Gasteiger partial charge on any atom is 0.163 e. The first-order chi connectivity index (χ1) is 14.1. The fourth-order valence-electron chi connectivity index (χ4n) is 2.92. The third-order valence-corrected chi connectivity index (χ3v) is 4.42. The van der Waals surface area contributed by atoms with Crippen LogP contribution in [0.4, 0.5) is 10.1 Å². The third kappa shape index (κ3) is 4.06. The van der Waals surface area contributed by atoms with Crippen LogP contribution >= 0.6 is 0 Å². The summed E-state index contributed by atoms with van der Waals surface area (Å²) >= 11 is 0. The van der Waals surface area contributed by atoms with Crippen molar-refractivity contribution in [3.63, 3.8) is 0 Å². The zero-order chi connectivity index (χ0) is 20.2. The molecule has 0 bridgehead atoms. The largest absolute Gasteiger partial charge is 0.493 e. The van der Waals surface area contributed by atoms with Crippen LogP contribution in [0.3, 0.4) is 0 Å². The van der Waals surface area contributed by atoms with Crippen molar-refractivity contribution in [1.29, 1.82) is 0 Å². The number of benzene rings is 3. The van der Waals surface area contributed by atoms with E-state index in [9.17, 15) is 4.39 Å². The minimum absolute atomic E-state index is 0.0683. The Labute approximate surface area is 167 Å². The summed E-state index contributed by atoms with van der Waals surface area (Å²) in [5, 5.41) is 0.716. The summed E-state index contributed by atoms with van der Waals surface area (Å²) < 4.78 is 31.0. The van der Waals surface area contributed by atoms with Crippen LogP contribution < -0.4 is 19.9 Å². The lowest BCUT2D eigenvalue weighted by Crippen LogP contribution is -1.98. The molecule has 0 saturated carbocycles. The summed E-state index contributed by atoms with van der Waals surface area (Å²) in [5.41, 5.74) is 7.31. The van der Waals surface area contributed by atoms with Crippen LogP contribution in [0.2, 0.25) is 0 Å². The van der Waals surface area contributed by atoms with Gasteiger partial charge in [-0.2, -0.15) is 0 Å². The first-order valence-electron chi connectivity index (χ1n) is 9.00. The van der Waals surface area contributed by atoms with Crippen molar-refractivity contribution in [2.45, 2.75) is 6.61 Å². The average Bonchev–Trinajstić information content (AvgIpc) is 2.75. The second-order valence-corrected chi connectivity index (χ2v) is 6.39. The molecule has 1 heterocycles. The van der Waals surface area contributed by atoms with E-state index in [1.54, 1.807) is 37.6 Å². The molecule has 3 aromatic carbocycles. The van der Waals surface area contributed by atoms with Gasteiger partial charge >= 0.3 is 0 Å². The normalized spacial score (nSPS) is 10.7. The number of ether oxygens (including phenoxy) is 3. The van der Waals surface area contributed by atoms with Crippen LogP contribution in [-0.4, -0.2) is 12.1 Å². The molecule has 0 radical (unpaired) electrons. The molecule has 0 spiro atoms. The Hall–Kier alpha value is -3.80. The molecule has 5 nitrogen and oxygen atoms in total. The molecule has 2 N–H and O–H groups in total. The number of nitrogen functional groups attached to an aromatic ring is 1. The van der Waals surface area contributed by atoms with Crippen LogP contribution in [0, 0.1) is 5.82 Å². The Kier molecular flexibility index (Phi) is 5.16. The molecule has 1 aromatic heterocycles. The predicted molar refractivity (Wildman–Crippen MR) is 110 cm³/mol. The molecule has 6 heteroatoms. The van der Waals surface area contributed by atoms with Crippen molar-refractivity contribution in [3.05, 3.63) is 84.3 Å². The summed E-state index contributed by atoms with van der Waals surface area (Å²) in [6, 6.07) is 19.5. The Balaban J connectivity index is 1.66. The number of hydrogen-bond donors (Lipinski definition) is 1. The van der Waals surface area contributed by atoms with Crippen LogP contribution in [0.5, 0.6) is 23.0 Å². The number of fused-ring (bicyclic) bond motifs is 1. The highest BCUT2D eigenvalue weighted by molar-refractivity contribution is 5.88. The van der Waals surface area contributed by atoms with E-state index in [0.717, 1.165) is 5.56 Å². The Morgan fingerprint density at radius 2 is 1.76 bits per heavy atom. The fraction of sp³-hybridized carbons (Fsp3) is 0.0870. The number of anilines is 1. The van der Waals surface area contributed by atoms with E-state index in [2.05, 4.69) is 4.98 Å². The minimum atomic E-state index is -0.532. The third-order valence-electron chi connectivity index (χ3n) is 4.42. The molecule has 0 fully saturated rings. The average molecular weight is 390 g/mol. The van der Waals surface area contributed by atoms with E-state index in [1.165, 1.54) is 12.1 Å². The Morgan fingerprint density at radius 3 is 2.52 bits per heavy atom. The quantitative estimate of drug-likeness (QED) is 0.450. The molecule has 0 unspecified atom stereocenters. The maximum absolute atomic E-state index is 13.7. The first-order valence-corrected chi connectivity index (χ1v) is 9.00. The van der Waals surface area contributed by atoms with Crippen molar-refractivity contribution >= 4 is 16.6 Å². The summed E-state index contributed by atoms with van der Waals surface area (Å²) in [7, 11) is 1.57. The van der Waals surface area contributed by atoms with Gasteiger partial charge in [-0.1, -0.05) is 30.3 Å². The number of pyridine rings is 1. The highest BCUT2D eigenvalue weighted by Gasteiger charge is 2.13. The molecule has 4 aromatic rings. The van der Waals surface area contributed by atoms with E-state index in [1.807, 2.05) is 30.3 Å². The fourth-order valence-corrected chi connectivity index (χ4v) is 2.92. The highest BCUT2D eigenvalue weighted by Crippen LogP contribution is 2.37. The van der Waals surface area contributed by atoms with Gasteiger partial charge in [-0.05, 0) is 29.8 Å². The van der Waals surface area contributed by atoms with Crippen LogP contribution in [0.25, 0.3) is 10.9 Å². The summed E-state index contributed by atoms with van der Waals surface area (Å²) in [6.45, 7) is 0.406. The van der Waals surface area contributed by atoms with Gasteiger partial charge in [0.15, 0.2) is 11.5 Å². The lowest BCUT2D eigenvalue weighted by atomic mass is 10.1. The van der Waals surface area contributed by atoms with E-state index in [4.69, 9.17) is 19.9 Å². The highest BCUT2D eigenvalue weighted by atomic mass is 19.1. The van der Waals surface area contributed by atoms with Crippen LogP contribution in [0.1, 0.15) is 5.56 Å². The first kappa shape index (κ1) is 18.6. The molecule has 0 aliphatic carbocycles. The van der Waals surface area contributed by atoms with Crippen molar-refractivity contribution in [1.82, 2.24) is 4.98 Å². The smallest absolute Gasteiger partial charge is 0.163 e. The Bertz CT molecular complexity index is 1150. The number of hydrogen-bond acceptors (Lipinski definition) is 5. The molecule has 0 saturated heterocycles. The Morgan fingerprint density at radius 1 is 0.931 bits per heavy atom. The number of aromatic nitrogens is 1. The molecule has 146 valence electrons. The van der Waals surface area contributed by atoms with Gasteiger partial charge < -0.3 is 19.9 Å². The summed E-state index contributed by atoms with van der Waals surface area (Å²) in [6.07, 6.45) is 1.62. The van der Waals surface area contributed by atoms with Gasteiger partial charge in [-0.15, -0.1) is 0 Å². The van der Waals surface area contributed by atoms with Gasteiger partial charge in [0, 0.05) is 23.7 Å². The number of rotatable bonds is 6. The minimum Gasteiger partial charge on any atom is -0.493 e. The van der Waals surface area contributed by atoms with Crippen molar-refractivity contribution in [3.8, 4) is 23.0 Å². The van der Waals surface area contributed by atoms with E-state index in [0.29, 0.717) is 40.5 Å². The van der Waals surface area contributed by atoms with Crippen molar-refractivity contribution in [2.75, 3.05) is 12.8 Å². The second kappa shape index (κ2) is 8.06. The molecular formula is C23H19FN2O3. The molecule has 0 amide bonds. The lowest BCUT2D eigenvalue weighted by molar-refractivity contribution is 0.285. The molecule has 0 atom stereocenters. The summed E-state index contributed by atoms with van der Waals surface area (Å²) in [4.78, 5) is 4.40. The SMILES string of the molecule is COc1cc2c(Oc3ccc(N)c(F)c3)ccnc2cc1OCc1ccccc1. The number of halogens is 1. The zero-order valence-electron chi connectivity index (χ0n) is 15.8. The lowest BCUT2D eigenvalue weighted by Gasteiger charge is -2.14.